The fourth-order valence-electron chi connectivity index (χ4n) is 7.42. The average molecular weight is 588 g/mol. The van der Waals surface area contributed by atoms with Crippen LogP contribution in [0.2, 0.25) is 0 Å². The Morgan fingerprint density at radius 2 is 1.81 bits per heavy atom. The lowest BCUT2D eigenvalue weighted by molar-refractivity contribution is -0.140. The zero-order valence-electron chi connectivity index (χ0n) is 26.2. The molecule has 0 bridgehead atoms. The maximum absolute atomic E-state index is 14.4. The molecule has 1 atom stereocenters. The van der Waals surface area contributed by atoms with Crippen LogP contribution in [0, 0.1) is 30.5 Å². The second-order valence-electron chi connectivity index (χ2n) is 13.6. The minimum absolute atomic E-state index is 0.00215. The number of rotatable bonds is 8. The van der Waals surface area contributed by atoms with Gasteiger partial charge in [0, 0.05) is 63.0 Å². The first kappa shape index (κ1) is 29.8. The molecule has 0 radical (unpaired) electrons. The van der Waals surface area contributed by atoms with Gasteiger partial charge in [-0.1, -0.05) is 0 Å². The monoisotopic (exact) mass is 587 g/mol. The van der Waals surface area contributed by atoms with Crippen molar-refractivity contribution in [3.8, 4) is 5.69 Å². The van der Waals surface area contributed by atoms with Crippen molar-refractivity contribution in [3.05, 3.63) is 59.3 Å². The Morgan fingerprint density at radius 1 is 1.05 bits per heavy atom. The molecule has 3 fully saturated rings. The van der Waals surface area contributed by atoms with Crippen LogP contribution in [0.1, 0.15) is 73.9 Å². The smallest absolute Gasteiger partial charge is 0.256 e. The molecular formula is C35H46FN5O2. The summed E-state index contributed by atoms with van der Waals surface area (Å²) in [6, 6.07) is 4.50. The highest BCUT2D eigenvalue weighted by atomic mass is 19.1. The Morgan fingerprint density at radius 3 is 2.51 bits per heavy atom. The molecule has 1 aliphatic carbocycles. The van der Waals surface area contributed by atoms with Crippen LogP contribution in [-0.2, 0) is 11.2 Å². The second-order valence-corrected chi connectivity index (χ2v) is 13.6. The lowest BCUT2D eigenvalue weighted by Crippen LogP contribution is -2.46. The molecule has 0 spiro atoms. The van der Waals surface area contributed by atoms with Gasteiger partial charge in [-0.25, -0.2) is 4.39 Å². The summed E-state index contributed by atoms with van der Waals surface area (Å²) in [6.07, 6.45) is 13.6. The van der Waals surface area contributed by atoms with Gasteiger partial charge in [-0.2, -0.15) is 0 Å². The molecule has 2 saturated heterocycles. The van der Waals surface area contributed by atoms with Crippen LogP contribution in [0.4, 0.5) is 4.39 Å². The van der Waals surface area contributed by atoms with E-state index in [1.165, 1.54) is 29.5 Å². The van der Waals surface area contributed by atoms with E-state index in [1.54, 1.807) is 18.0 Å². The molecule has 0 unspecified atom stereocenters. The number of likely N-dealkylation sites (tertiary alicyclic amines) is 2. The molecule has 2 aromatic heterocycles. The standard InChI is InChI=1S/C35H46FN5O2/c1-23(2)38(4)35(43)30-17-29(36)10-11-31(30)41-22-28(33-24(3)18-37-19-32(33)41)16-26-12-15-39(21-26)20-25-6-8-27(9-7-25)34(42)40-13-5-14-40/h10-11,17-19,22-23,25-27H,5-9,12-16,20-21H2,1-4H3/t25?,26-,27?/m0/s1. The van der Waals surface area contributed by atoms with Crippen molar-refractivity contribution >= 4 is 22.7 Å². The van der Waals surface area contributed by atoms with Gasteiger partial charge in [0.15, 0.2) is 0 Å². The fourth-order valence-corrected chi connectivity index (χ4v) is 7.42. The molecule has 6 rings (SSSR count). The fraction of sp³-hybridized carbons (Fsp3) is 0.571. The third-order valence-electron chi connectivity index (χ3n) is 10.3. The van der Waals surface area contributed by atoms with Crippen LogP contribution in [0.3, 0.4) is 0 Å². The summed E-state index contributed by atoms with van der Waals surface area (Å²) in [5, 5.41) is 1.18. The predicted molar refractivity (Wildman–Crippen MR) is 168 cm³/mol. The van der Waals surface area contributed by atoms with E-state index in [2.05, 4.69) is 23.0 Å². The van der Waals surface area contributed by atoms with E-state index in [-0.39, 0.29) is 17.9 Å². The van der Waals surface area contributed by atoms with E-state index < -0.39 is 5.82 Å². The number of aromatic nitrogens is 2. The summed E-state index contributed by atoms with van der Waals surface area (Å²) in [4.78, 5) is 36.9. The molecule has 1 aromatic carbocycles. The van der Waals surface area contributed by atoms with Crippen LogP contribution in [0.15, 0.2) is 36.8 Å². The topological polar surface area (TPSA) is 61.7 Å². The SMILES string of the molecule is Cc1cncc2c1c(C[C@@H]1CCN(CC3CCC(C(=O)N4CCC4)CC3)C1)cn2-c1ccc(F)cc1C(=O)N(C)C(C)C. The molecule has 7 nitrogen and oxygen atoms in total. The van der Waals surface area contributed by atoms with Crippen molar-refractivity contribution in [2.75, 3.05) is 39.8 Å². The molecule has 1 saturated carbocycles. The Kier molecular flexibility index (Phi) is 8.58. The summed E-state index contributed by atoms with van der Waals surface area (Å²) in [7, 11) is 1.76. The molecule has 0 N–H and O–H groups in total. The van der Waals surface area contributed by atoms with Gasteiger partial charge in [0.25, 0.3) is 5.91 Å². The van der Waals surface area contributed by atoms with Crippen LogP contribution < -0.4 is 0 Å². The van der Waals surface area contributed by atoms with Crippen molar-refractivity contribution in [1.82, 2.24) is 24.3 Å². The Balaban J connectivity index is 1.16. The van der Waals surface area contributed by atoms with Gasteiger partial charge in [-0.05, 0) is 113 Å². The number of hydrogen-bond acceptors (Lipinski definition) is 4. The Bertz CT molecular complexity index is 1490. The van der Waals surface area contributed by atoms with Gasteiger partial charge in [-0.15, -0.1) is 0 Å². The highest BCUT2D eigenvalue weighted by Crippen LogP contribution is 2.35. The lowest BCUT2D eigenvalue weighted by atomic mass is 9.80. The van der Waals surface area contributed by atoms with Crippen LogP contribution >= 0.6 is 0 Å². The normalized spacial score (nSPS) is 22.7. The zero-order chi connectivity index (χ0) is 30.2. The second kappa shape index (κ2) is 12.4. The number of carbonyl (C=O) groups excluding carboxylic acids is 2. The van der Waals surface area contributed by atoms with Gasteiger partial charge in [0.1, 0.15) is 5.82 Å². The van der Waals surface area contributed by atoms with Gasteiger partial charge in [-0.3, -0.25) is 14.6 Å². The molecule has 3 aliphatic rings. The minimum atomic E-state index is -0.419. The molecule has 2 amide bonds. The number of carbonyl (C=O) groups is 2. The van der Waals surface area contributed by atoms with Gasteiger partial charge in [0.05, 0.1) is 23.0 Å². The minimum Gasteiger partial charge on any atom is -0.342 e. The van der Waals surface area contributed by atoms with Gasteiger partial charge >= 0.3 is 0 Å². The number of hydrogen-bond donors (Lipinski definition) is 0. The van der Waals surface area contributed by atoms with Crippen LogP contribution in [-0.4, -0.2) is 81.9 Å². The van der Waals surface area contributed by atoms with Crippen molar-refractivity contribution in [2.24, 2.45) is 17.8 Å². The van der Waals surface area contributed by atoms with E-state index in [0.717, 1.165) is 82.3 Å². The maximum atomic E-state index is 14.4. The van der Waals surface area contributed by atoms with Gasteiger partial charge in [0.2, 0.25) is 5.91 Å². The highest BCUT2D eigenvalue weighted by molar-refractivity contribution is 5.99. The van der Waals surface area contributed by atoms with E-state index in [9.17, 15) is 14.0 Å². The summed E-state index contributed by atoms with van der Waals surface area (Å²) < 4.78 is 16.5. The largest absolute Gasteiger partial charge is 0.342 e. The number of pyridine rings is 1. The van der Waals surface area contributed by atoms with Crippen molar-refractivity contribution in [2.45, 2.75) is 71.8 Å². The number of fused-ring (bicyclic) bond motifs is 1. The number of aryl methyl sites for hydroxylation is 1. The number of amides is 2. The lowest BCUT2D eigenvalue weighted by Gasteiger charge is -2.37. The molecule has 43 heavy (non-hydrogen) atoms. The van der Waals surface area contributed by atoms with Crippen LogP contribution in [0.5, 0.6) is 0 Å². The quantitative estimate of drug-likeness (QED) is 0.332. The number of halogens is 1. The molecule has 8 heteroatoms. The van der Waals surface area contributed by atoms with E-state index >= 15 is 0 Å². The highest BCUT2D eigenvalue weighted by Gasteiger charge is 2.33. The Labute approximate surface area is 255 Å². The van der Waals surface area contributed by atoms with Crippen molar-refractivity contribution < 1.29 is 14.0 Å². The van der Waals surface area contributed by atoms with Gasteiger partial charge < -0.3 is 19.3 Å². The zero-order valence-corrected chi connectivity index (χ0v) is 26.2. The van der Waals surface area contributed by atoms with Crippen LogP contribution in [0.25, 0.3) is 16.6 Å². The van der Waals surface area contributed by atoms with Crippen molar-refractivity contribution in [3.63, 3.8) is 0 Å². The number of nitrogens with zero attached hydrogens (tertiary/aromatic N) is 5. The summed E-state index contributed by atoms with van der Waals surface area (Å²) >= 11 is 0. The molecule has 2 aliphatic heterocycles. The molecule has 230 valence electrons. The first-order chi connectivity index (χ1) is 20.7. The molecular weight excluding hydrogens is 541 g/mol. The third-order valence-corrected chi connectivity index (χ3v) is 10.3. The summed E-state index contributed by atoms with van der Waals surface area (Å²) in [5.74, 6) is 1.28. The summed E-state index contributed by atoms with van der Waals surface area (Å²) in [6.45, 7) is 11.3. The summed E-state index contributed by atoms with van der Waals surface area (Å²) in [5.41, 5.74) is 4.35. The average Bonchev–Trinajstić information content (AvgIpc) is 3.56. The third kappa shape index (κ3) is 6.08. The van der Waals surface area contributed by atoms with E-state index in [0.29, 0.717) is 29.0 Å². The number of benzene rings is 1. The van der Waals surface area contributed by atoms with E-state index in [1.807, 2.05) is 35.7 Å². The predicted octanol–water partition coefficient (Wildman–Crippen LogP) is 5.86. The maximum Gasteiger partial charge on any atom is 0.256 e. The van der Waals surface area contributed by atoms with Crippen molar-refractivity contribution in [1.29, 1.82) is 0 Å². The first-order valence-corrected chi connectivity index (χ1v) is 16.2. The molecule has 3 aromatic rings. The Hall–Kier alpha value is -3.26. The first-order valence-electron chi connectivity index (χ1n) is 16.2. The molecule has 4 heterocycles. The van der Waals surface area contributed by atoms with E-state index in [4.69, 9.17) is 0 Å².